The zero-order chi connectivity index (χ0) is 20.9. The molecule has 0 bridgehead atoms. The van der Waals surface area contributed by atoms with Gasteiger partial charge in [0.2, 0.25) is 0 Å². The average Bonchev–Trinajstić information content (AvgIpc) is 2.75. The molecule has 0 atom stereocenters. The Morgan fingerprint density at radius 1 is 1.17 bits per heavy atom. The predicted octanol–water partition coefficient (Wildman–Crippen LogP) is 0.780. The van der Waals surface area contributed by atoms with Crippen molar-refractivity contribution in [3.05, 3.63) is 39.2 Å². The van der Waals surface area contributed by atoms with Crippen LogP contribution in [0.2, 0.25) is 0 Å². The number of carbonyl (C=O) groups is 1. The Morgan fingerprint density at radius 3 is 2.73 bits per heavy atom. The van der Waals surface area contributed by atoms with Crippen LogP contribution in [0.4, 0.5) is 0 Å². The van der Waals surface area contributed by atoms with Crippen molar-refractivity contribution in [3.63, 3.8) is 0 Å². The zero-order valence-corrected chi connectivity index (χ0v) is 17.7. The summed E-state index contributed by atoms with van der Waals surface area (Å²) >= 11 is 0. The number of amides is 1. The number of ether oxygens (including phenoxy) is 2. The number of fused-ring (bicyclic) bond motifs is 3. The van der Waals surface area contributed by atoms with Gasteiger partial charge >= 0.3 is 5.63 Å². The lowest BCUT2D eigenvalue weighted by molar-refractivity contribution is -0.908. The number of rotatable bonds is 7. The number of nitrogens with one attached hydrogen (secondary N) is 2. The minimum atomic E-state index is -0.242. The molecule has 1 aliphatic carbocycles. The van der Waals surface area contributed by atoms with Crippen LogP contribution in [0.5, 0.6) is 5.75 Å². The lowest BCUT2D eigenvalue weighted by Gasteiger charge is -2.23. The normalized spacial score (nSPS) is 17.0. The maximum absolute atomic E-state index is 12.3. The van der Waals surface area contributed by atoms with Crippen LogP contribution in [0.1, 0.15) is 36.0 Å². The highest BCUT2D eigenvalue weighted by Gasteiger charge is 2.21. The second kappa shape index (κ2) is 9.62. The first kappa shape index (κ1) is 20.9. The number of quaternary nitrogens is 1. The SMILES string of the molecule is Cc1cc(OCC(=O)NCCC[NH+]2CCOCC2)c2c3c(c(=O)oc2c1)CCCC3. The minimum absolute atomic E-state index is 0.0448. The van der Waals surface area contributed by atoms with Gasteiger partial charge in [-0.15, -0.1) is 0 Å². The summed E-state index contributed by atoms with van der Waals surface area (Å²) in [4.78, 5) is 26.2. The molecule has 0 unspecified atom stereocenters. The first-order chi connectivity index (χ1) is 14.6. The molecule has 30 heavy (non-hydrogen) atoms. The average molecular weight is 416 g/mol. The van der Waals surface area contributed by atoms with E-state index in [9.17, 15) is 9.59 Å². The van der Waals surface area contributed by atoms with Gasteiger partial charge in [-0.2, -0.15) is 0 Å². The Bertz CT molecular complexity index is 962. The molecule has 1 aromatic heterocycles. The van der Waals surface area contributed by atoms with Gasteiger partial charge in [0.25, 0.3) is 5.91 Å². The second-order valence-electron chi connectivity index (χ2n) is 8.29. The van der Waals surface area contributed by atoms with Crippen LogP contribution in [0, 0.1) is 6.92 Å². The van der Waals surface area contributed by atoms with Crippen molar-refractivity contribution >= 4 is 16.9 Å². The first-order valence-corrected chi connectivity index (χ1v) is 11.0. The van der Waals surface area contributed by atoms with Gasteiger partial charge in [0.05, 0.1) is 25.1 Å². The predicted molar refractivity (Wildman–Crippen MR) is 113 cm³/mol. The van der Waals surface area contributed by atoms with E-state index in [1.54, 1.807) is 0 Å². The van der Waals surface area contributed by atoms with Crippen molar-refractivity contribution in [2.45, 2.75) is 39.0 Å². The van der Waals surface area contributed by atoms with Gasteiger partial charge in [-0.1, -0.05) is 0 Å². The Balaban J connectivity index is 1.38. The van der Waals surface area contributed by atoms with Crippen molar-refractivity contribution in [2.24, 2.45) is 0 Å². The molecule has 2 aromatic rings. The summed E-state index contributed by atoms with van der Waals surface area (Å²) in [5.41, 5.74) is 3.03. The van der Waals surface area contributed by atoms with Crippen LogP contribution in [-0.4, -0.2) is 51.9 Å². The summed E-state index contributed by atoms with van der Waals surface area (Å²) in [7, 11) is 0. The number of carbonyl (C=O) groups excluding carboxylic acids is 1. The molecule has 2 N–H and O–H groups in total. The molecule has 1 aromatic carbocycles. The molecular formula is C23H31N2O5+. The fourth-order valence-electron chi connectivity index (χ4n) is 4.45. The second-order valence-corrected chi connectivity index (χ2v) is 8.29. The minimum Gasteiger partial charge on any atom is -0.483 e. The van der Waals surface area contributed by atoms with E-state index in [-0.39, 0.29) is 18.1 Å². The van der Waals surface area contributed by atoms with Crippen LogP contribution in [0.3, 0.4) is 0 Å². The van der Waals surface area contributed by atoms with Crippen molar-refractivity contribution in [3.8, 4) is 5.75 Å². The summed E-state index contributed by atoms with van der Waals surface area (Å²) in [6.07, 6.45) is 4.57. The van der Waals surface area contributed by atoms with E-state index < -0.39 is 0 Å². The number of aryl methyl sites for hydroxylation is 2. The summed E-state index contributed by atoms with van der Waals surface area (Å²) in [5, 5.41) is 3.79. The van der Waals surface area contributed by atoms with E-state index in [0.29, 0.717) is 17.9 Å². The van der Waals surface area contributed by atoms with Gasteiger partial charge in [0.15, 0.2) is 6.61 Å². The summed E-state index contributed by atoms with van der Waals surface area (Å²) in [5.74, 6) is 0.493. The third-order valence-electron chi connectivity index (χ3n) is 6.02. The molecule has 1 amide bonds. The molecule has 0 spiro atoms. The Kier molecular flexibility index (Phi) is 6.69. The maximum Gasteiger partial charge on any atom is 0.339 e. The topological polar surface area (TPSA) is 82.2 Å². The molecule has 1 fully saturated rings. The molecular weight excluding hydrogens is 384 g/mol. The van der Waals surface area contributed by atoms with Gasteiger partial charge in [-0.3, -0.25) is 4.79 Å². The Hall–Kier alpha value is -2.38. The summed E-state index contributed by atoms with van der Waals surface area (Å²) in [6.45, 7) is 7.30. The molecule has 7 nitrogen and oxygen atoms in total. The fourth-order valence-corrected chi connectivity index (χ4v) is 4.45. The fraction of sp³-hybridized carbons (Fsp3) is 0.565. The third-order valence-corrected chi connectivity index (χ3v) is 6.02. The quantitative estimate of drug-likeness (QED) is 0.516. The number of hydrogen-bond acceptors (Lipinski definition) is 5. The monoisotopic (exact) mass is 415 g/mol. The van der Waals surface area contributed by atoms with Gasteiger partial charge in [0.1, 0.15) is 24.4 Å². The summed E-state index contributed by atoms with van der Waals surface area (Å²) in [6, 6.07) is 3.79. The van der Waals surface area contributed by atoms with E-state index in [4.69, 9.17) is 13.9 Å². The van der Waals surface area contributed by atoms with Gasteiger partial charge < -0.3 is 24.1 Å². The van der Waals surface area contributed by atoms with Crippen molar-refractivity contribution < 1.29 is 23.6 Å². The maximum atomic E-state index is 12.3. The van der Waals surface area contributed by atoms with Gasteiger partial charge in [-0.05, 0) is 55.9 Å². The van der Waals surface area contributed by atoms with Crippen LogP contribution >= 0.6 is 0 Å². The summed E-state index contributed by atoms with van der Waals surface area (Å²) < 4.78 is 16.9. The standard InChI is InChI=1S/C23H30N2O5/c1-16-13-19(22-17-5-2-3-6-18(17)23(27)30-20(22)14-16)29-15-21(26)24-7-4-8-25-9-11-28-12-10-25/h13-14H,2-12,15H2,1H3,(H,24,26)/p+1. The number of hydrogen-bond donors (Lipinski definition) is 2. The molecule has 7 heteroatoms. The molecule has 1 aliphatic heterocycles. The lowest BCUT2D eigenvalue weighted by Crippen LogP contribution is -3.14. The lowest BCUT2D eigenvalue weighted by atomic mass is 9.90. The van der Waals surface area contributed by atoms with Crippen molar-refractivity contribution in [1.82, 2.24) is 5.32 Å². The number of benzene rings is 1. The van der Waals surface area contributed by atoms with Gasteiger partial charge in [-0.25, -0.2) is 4.79 Å². The van der Waals surface area contributed by atoms with Crippen LogP contribution in [-0.2, 0) is 22.4 Å². The van der Waals surface area contributed by atoms with E-state index in [1.807, 2.05) is 19.1 Å². The molecule has 0 saturated carbocycles. The van der Waals surface area contributed by atoms with Crippen LogP contribution < -0.4 is 20.6 Å². The Labute approximate surface area is 176 Å². The highest BCUT2D eigenvalue weighted by Crippen LogP contribution is 2.34. The third kappa shape index (κ3) is 4.84. The van der Waals surface area contributed by atoms with E-state index in [0.717, 1.165) is 87.0 Å². The van der Waals surface area contributed by atoms with E-state index in [2.05, 4.69) is 5.32 Å². The highest BCUT2D eigenvalue weighted by molar-refractivity contribution is 5.89. The van der Waals surface area contributed by atoms with Crippen molar-refractivity contribution in [1.29, 1.82) is 0 Å². The Morgan fingerprint density at radius 2 is 1.93 bits per heavy atom. The molecule has 2 aliphatic rings. The molecule has 1 saturated heterocycles. The van der Waals surface area contributed by atoms with Crippen LogP contribution in [0.15, 0.2) is 21.3 Å². The smallest absolute Gasteiger partial charge is 0.339 e. The molecule has 162 valence electrons. The van der Waals surface area contributed by atoms with E-state index >= 15 is 0 Å². The van der Waals surface area contributed by atoms with Gasteiger partial charge in [0, 0.05) is 18.5 Å². The van der Waals surface area contributed by atoms with Crippen LogP contribution in [0.25, 0.3) is 11.0 Å². The first-order valence-electron chi connectivity index (χ1n) is 11.0. The largest absolute Gasteiger partial charge is 0.483 e. The molecule has 4 rings (SSSR count). The van der Waals surface area contributed by atoms with E-state index in [1.165, 1.54) is 4.90 Å². The highest BCUT2D eigenvalue weighted by atomic mass is 16.5. The van der Waals surface area contributed by atoms with Crippen molar-refractivity contribution in [2.75, 3.05) is 46.0 Å². The number of morpholine rings is 1. The zero-order valence-electron chi connectivity index (χ0n) is 17.7. The molecule has 0 radical (unpaired) electrons. The molecule has 2 heterocycles.